The maximum absolute atomic E-state index is 11.9. The molecule has 7 atom stereocenters. The Bertz CT molecular complexity index is 814. The van der Waals surface area contributed by atoms with Gasteiger partial charge in [0.2, 0.25) is 0 Å². The Kier molecular flexibility index (Phi) is 4.05. The van der Waals surface area contributed by atoms with Crippen LogP contribution in [-0.2, 0) is 19.0 Å². The van der Waals surface area contributed by atoms with Crippen LogP contribution in [-0.4, -0.2) is 23.8 Å². The zero-order chi connectivity index (χ0) is 20.6. The summed E-state index contributed by atoms with van der Waals surface area (Å²) in [6.45, 7) is 10.3. The Morgan fingerprint density at radius 2 is 1.93 bits per heavy atom. The van der Waals surface area contributed by atoms with Gasteiger partial charge in [0.1, 0.15) is 11.9 Å². The first-order chi connectivity index (χ1) is 13.7. The predicted molar refractivity (Wildman–Crippen MR) is 107 cm³/mol. The molecule has 0 N–H and O–H groups in total. The van der Waals surface area contributed by atoms with Crippen molar-refractivity contribution in [3.63, 3.8) is 0 Å². The van der Waals surface area contributed by atoms with Crippen LogP contribution in [0.3, 0.4) is 0 Å². The number of ether oxygens (including phenoxy) is 3. The molecule has 0 radical (unpaired) electrons. The van der Waals surface area contributed by atoms with Crippen molar-refractivity contribution >= 4 is 12.1 Å². The number of carbonyl (C=O) groups is 2. The molecule has 3 saturated carbocycles. The smallest absolute Gasteiger partial charge is 0.462 e. The van der Waals surface area contributed by atoms with Crippen LogP contribution in [0.15, 0.2) is 24.0 Å². The van der Waals surface area contributed by atoms with Crippen molar-refractivity contribution < 1.29 is 23.8 Å². The van der Waals surface area contributed by atoms with Crippen LogP contribution in [0, 0.1) is 28.6 Å². The topological polar surface area (TPSA) is 61.8 Å². The van der Waals surface area contributed by atoms with E-state index in [4.69, 9.17) is 14.2 Å². The van der Waals surface area contributed by atoms with E-state index in [-0.39, 0.29) is 22.9 Å². The summed E-state index contributed by atoms with van der Waals surface area (Å²) in [6, 6.07) is 0. The average Bonchev–Trinajstić information content (AvgIpc) is 3.11. The van der Waals surface area contributed by atoms with Crippen molar-refractivity contribution in [3.8, 4) is 0 Å². The Morgan fingerprint density at radius 3 is 2.62 bits per heavy atom. The van der Waals surface area contributed by atoms with Crippen LogP contribution in [0.1, 0.15) is 72.1 Å². The van der Waals surface area contributed by atoms with Gasteiger partial charge in [0.05, 0.1) is 0 Å². The van der Waals surface area contributed by atoms with Gasteiger partial charge in [-0.05, 0) is 68.1 Å². The number of allylic oxidation sites excluding steroid dienone is 1. The molecule has 4 fully saturated rings. The SMILES string of the molecule is C=C1OC(=O)O[C@]12CC[C@H]1[C@@H]3CC=C4C[C@H](OC(C)=O)CC[C@]4(C)[C@H]3CC[C@@]12C. The fourth-order valence-corrected chi connectivity index (χ4v) is 7.99. The number of hydrogen-bond acceptors (Lipinski definition) is 5. The molecule has 1 aliphatic heterocycles. The summed E-state index contributed by atoms with van der Waals surface area (Å²) in [5.41, 5.74) is 0.940. The minimum atomic E-state index is -0.641. The fraction of sp³-hybridized carbons (Fsp3) is 0.750. The van der Waals surface area contributed by atoms with Crippen LogP contribution in [0.25, 0.3) is 0 Å². The third-order valence-corrected chi connectivity index (χ3v) is 9.43. The quantitative estimate of drug-likeness (QED) is 0.441. The second kappa shape index (κ2) is 6.12. The van der Waals surface area contributed by atoms with E-state index in [1.165, 1.54) is 12.5 Å². The molecular weight excluding hydrogens is 368 g/mol. The van der Waals surface area contributed by atoms with Crippen LogP contribution >= 0.6 is 0 Å². The first-order valence-electron chi connectivity index (χ1n) is 11.2. The van der Waals surface area contributed by atoms with E-state index in [0.717, 1.165) is 51.4 Å². The van der Waals surface area contributed by atoms with Crippen molar-refractivity contribution in [2.75, 3.05) is 0 Å². The van der Waals surface area contributed by atoms with Crippen molar-refractivity contribution in [1.82, 2.24) is 0 Å². The van der Waals surface area contributed by atoms with Gasteiger partial charge in [-0.15, -0.1) is 0 Å². The lowest BCUT2D eigenvalue weighted by molar-refractivity contribution is -0.149. The van der Waals surface area contributed by atoms with E-state index < -0.39 is 11.8 Å². The highest BCUT2D eigenvalue weighted by atomic mass is 16.8. The van der Waals surface area contributed by atoms with Gasteiger partial charge in [0, 0.05) is 18.8 Å². The van der Waals surface area contributed by atoms with Gasteiger partial charge < -0.3 is 14.2 Å². The van der Waals surface area contributed by atoms with Crippen molar-refractivity contribution in [2.45, 2.75) is 83.8 Å². The molecule has 0 amide bonds. The van der Waals surface area contributed by atoms with E-state index in [1.807, 2.05) is 0 Å². The molecular formula is C24H32O5. The highest BCUT2D eigenvalue weighted by Gasteiger charge is 2.69. The van der Waals surface area contributed by atoms with Crippen LogP contribution in [0.4, 0.5) is 4.79 Å². The Balaban J connectivity index is 1.44. The van der Waals surface area contributed by atoms with Gasteiger partial charge >= 0.3 is 12.1 Å². The molecule has 0 aromatic carbocycles. The summed E-state index contributed by atoms with van der Waals surface area (Å²) >= 11 is 0. The van der Waals surface area contributed by atoms with Gasteiger partial charge in [-0.25, -0.2) is 4.79 Å². The summed E-state index contributed by atoms with van der Waals surface area (Å²) < 4.78 is 16.7. The standard InChI is InChI=1S/C24H32O5/c1-14-24(29-21(26)27-14)12-9-20-18-6-5-16-13-17(28-15(2)25)7-10-22(16,3)19(18)8-11-23(20,24)4/h5,17-20H,1,6-13H2,2-4H3/t17-,18-,19+,20+,22+,23+,24-/m1/s1. The number of hydrogen-bond donors (Lipinski definition) is 0. The highest BCUT2D eigenvalue weighted by Crippen LogP contribution is 2.69. The molecule has 1 heterocycles. The molecule has 5 aliphatic rings. The number of carbonyl (C=O) groups excluding carboxylic acids is 2. The first kappa shape index (κ1) is 19.2. The minimum Gasteiger partial charge on any atom is -0.462 e. The summed E-state index contributed by atoms with van der Waals surface area (Å²) in [5.74, 6) is 2.09. The van der Waals surface area contributed by atoms with E-state index in [0.29, 0.717) is 23.5 Å². The minimum absolute atomic E-state index is 0.0327. The lowest BCUT2D eigenvalue weighted by atomic mass is 9.47. The average molecular weight is 401 g/mol. The predicted octanol–water partition coefficient (Wildman–Crippen LogP) is 5.30. The molecule has 5 rings (SSSR count). The Labute approximate surface area is 172 Å². The summed E-state index contributed by atoms with van der Waals surface area (Å²) in [5, 5.41) is 0. The maximum Gasteiger partial charge on any atom is 0.514 e. The normalized spacial score (nSPS) is 48.2. The molecule has 1 spiro atoms. The number of esters is 1. The fourth-order valence-electron chi connectivity index (χ4n) is 7.99. The second-order valence-electron chi connectivity index (χ2n) is 10.4. The Morgan fingerprint density at radius 1 is 1.17 bits per heavy atom. The molecule has 158 valence electrons. The largest absolute Gasteiger partial charge is 0.514 e. The third kappa shape index (κ3) is 2.45. The van der Waals surface area contributed by atoms with Gasteiger partial charge in [-0.1, -0.05) is 32.1 Å². The van der Waals surface area contributed by atoms with Gasteiger partial charge in [0.15, 0.2) is 5.60 Å². The maximum atomic E-state index is 11.9. The first-order valence-corrected chi connectivity index (χ1v) is 11.2. The molecule has 0 aromatic rings. The molecule has 0 bridgehead atoms. The molecule has 29 heavy (non-hydrogen) atoms. The van der Waals surface area contributed by atoms with E-state index in [2.05, 4.69) is 26.5 Å². The zero-order valence-electron chi connectivity index (χ0n) is 17.8. The molecule has 0 unspecified atom stereocenters. The van der Waals surface area contributed by atoms with Crippen LogP contribution in [0.2, 0.25) is 0 Å². The zero-order valence-corrected chi connectivity index (χ0v) is 17.8. The summed E-state index contributed by atoms with van der Waals surface area (Å²) in [4.78, 5) is 23.3. The molecule has 5 heteroatoms. The van der Waals surface area contributed by atoms with Gasteiger partial charge in [0.25, 0.3) is 0 Å². The van der Waals surface area contributed by atoms with E-state index in [1.54, 1.807) is 0 Å². The van der Waals surface area contributed by atoms with Crippen LogP contribution in [0.5, 0.6) is 0 Å². The number of rotatable bonds is 1. The molecule has 0 aromatic heterocycles. The number of fused-ring (bicyclic) bond motifs is 6. The molecule has 1 saturated heterocycles. The highest BCUT2D eigenvalue weighted by molar-refractivity contribution is 5.67. The van der Waals surface area contributed by atoms with Crippen molar-refractivity contribution in [1.29, 1.82) is 0 Å². The third-order valence-electron chi connectivity index (χ3n) is 9.43. The van der Waals surface area contributed by atoms with E-state index >= 15 is 0 Å². The van der Waals surface area contributed by atoms with E-state index in [9.17, 15) is 9.59 Å². The monoisotopic (exact) mass is 400 g/mol. The van der Waals surface area contributed by atoms with Gasteiger partial charge in [-0.3, -0.25) is 4.79 Å². The van der Waals surface area contributed by atoms with Crippen molar-refractivity contribution in [2.24, 2.45) is 28.6 Å². The number of cyclic esters (lactones) is 1. The second-order valence-corrected chi connectivity index (χ2v) is 10.4. The molecule has 4 aliphatic carbocycles. The Hall–Kier alpha value is -1.78. The molecule has 5 nitrogen and oxygen atoms in total. The van der Waals surface area contributed by atoms with Gasteiger partial charge in [-0.2, -0.15) is 0 Å². The summed E-state index contributed by atoms with van der Waals surface area (Å²) in [6.07, 6.45) is 9.92. The lowest BCUT2D eigenvalue weighted by Crippen LogP contribution is -2.55. The van der Waals surface area contributed by atoms with Crippen molar-refractivity contribution in [3.05, 3.63) is 24.0 Å². The summed E-state index contributed by atoms with van der Waals surface area (Å²) in [7, 11) is 0. The lowest BCUT2D eigenvalue weighted by Gasteiger charge is -2.58. The van der Waals surface area contributed by atoms with Crippen LogP contribution < -0.4 is 0 Å².